The van der Waals surface area contributed by atoms with Gasteiger partial charge >= 0.3 is 17.9 Å². The van der Waals surface area contributed by atoms with Crippen LogP contribution in [0.4, 0.5) is 0 Å². The molecule has 3 aliphatic rings. The van der Waals surface area contributed by atoms with Gasteiger partial charge in [0.05, 0.1) is 25.4 Å². The third kappa shape index (κ3) is 5.10. The van der Waals surface area contributed by atoms with E-state index < -0.39 is 55.7 Å². The van der Waals surface area contributed by atoms with Gasteiger partial charge in [-0.05, 0) is 46.3 Å². The Balaban J connectivity index is 1.54. The average Bonchev–Trinajstić information content (AvgIpc) is 3.61. The highest BCUT2D eigenvalue weighted by atomic mass is 16.7. The normalized spacial score (nSPS) is 22.2. The van der Waals surface area contributed by atoms with Crippen LogP contribution in [0.15, 0.2) is 30.3 Å². The monoisotopic (exact) mass is 596 g/mol. The minimum Gasteiger partial charge on any atom is -0.460 e. The largest absolute Gasteiger partial charge is 0.460 e. The Kier molecular flexibility index (Phi) is 7.56. The predicted octanol–water partition coefficient (Wildman–Crippen LogP) is 1.85. The van der Waals surface area contributed by atoms with Crippen LogP contribution in [0, 0.1) is 0 Å². The number of carbonyl (C=O) groups is 3. The van der Waals surface area contributed by atoms with Gasteiger partial charge in [0.2, 0.25) is 13.1 Å². The Morgan fingerprint density at radius 3 is 2.30 bits per heavy atom. The Morgan fingerprint density at radius 2 is 1.60 bits per heavy atom. The van der Waals surface area contributed by atoms with E-state index in [1.807, 2.05) is 0 Å². The zero-order valence-electron chi connectivity index (χ0n) is 23.2. The molecule has 3 N–H and O–H groups in total. The molecular weight excluding hydrogens is 568 g/mol. The predicted molar refractivity (Wildman–Crippen MR) is 144 cm³/mol. The summed E-state index contributed by atoms with van der Waals surface area (Å²) in [6.07, 6.45) is -5.43. The standard InChI is InChI=1S/C30H28O13/c1-13(33)41-23-11-38-30(28(26(23)35)42-14(2)34)43-27-19-6-17(9-32)16(8-31)5-18(19)24(25-20(27)10-37-29(25)36)15-3-4-21-22(7-15)40-12-39-21/h3-7,23,26,28,30-32,35H,8-12H2,1-2H3/t23-,26+,28-,30?/m1/s1. The molecule has 13 heteroatoms. The minimum absolute atomic E-state index is 0.0516. The number of esters is 3. The molecule has 1 unspecified atom stereocenters. The van der Waals surface area contributed by atoms with Crippen LogP contribution >= 0.6 is 0 Å². The molecular formula is C30H28O13. The van der Waals surface area contributed by atoms with Crippen LogP contribution in [-0.4, -0.2) is 71.2 Å². The molecule has 1 saturated heterocycles. The van der Waals surface area contributed by atoms with Crippen molar-refractivity contribution in [2.45, 2.75) is 58.3 Å². The van der Waals surface area contributed by atoms with Crippen molar-refractivity contribution < 1.29 is 62.9 Å². The molecule has 13 nitrogen and oxygen atoms in total. The number of cyclic esters (lactones) is 1. The smallest absolute Gasteiger partial charge is 0.339 e. The van der Waals surface area contributed by atoms with Gasteiger partial charge in [-0.15, -0.1) is 0 Å². The molecule has 43 heavy (non-hydrogen) atoms. The number of aliphatic hydroxyl groups is 3. The zero-order valence-corrected chi connectivity index (χ0v) is 23.2. The maximum Gasteiger partial charge on any atom is 0.339 e. The molecule has 3 aliphatic heterocycles. The number of fused-ring (bicyclic) bond motifs is 3. The van der Waals surface area contributed by atoms with Crippen molar-refractivity contribution in [3.63, 3.8) is 0 Å². The van der Waals surface area contributed by atoms with E-state index in [9.17, 15) is 29.7 Å². The van der Waals surface area contributed by atoms with Gasteiger partial charge < -0.3 is 48.5 Å². The van der Waals surface area contributed by atoms with Crippen LogP contribution < -0.4 is 14.2 Å². The van der Waals surface area contributed by atoms with E-state index in [-0.39, 0.29) is 31.3 Å². The quantitative estimate of drug-likeness (QED) is 0.266. The first-order valence-corrected chi connectivity index (χ1v) is 13.4. The molecule has 1 fully saturated rings. The number of hydrogen-bond acceptors (Lipinski definition) is 13. The average molecular weight is 597 g/mol. The lowest BCUT2D eigenvalue weighted by Crippen LogP contribution is -2.57. The van der Waals surface area contributed by atoms with Gasteiger partial charge in [0, 0.05) is 30.4 Å². The van der Waals surface area contributed by atoms with E-state index in [4.69, 9.17) is 33.2 Å². The van der Waals surface area contributed by atoms with Crippen molar-refractivity contribution in [1.82, 2.24) is 0 Å². The molecule has 0 aromatic heterocycles. The first-order chi connectivity index (χ1) is 20.7. The van der Waals surface area contributed by atoms with Crippen LogP contribution in [-0.2, 0) is 48.4 Å². The summed E-state index contributed by atoms with van der Waals surface area (Å²) < 4.78 is 39.0. The number of aliphatic hydroxyl groups excluding tert-OH is 3. The summed E-state index contributed by atoms with van der Waals surface area (Å²) in [7, 11) is 0. The molecule has 0 saturated carbocycles. The van der Waals surface area contributed by atoms with E-state index in [2.05, 4.69) is 0 Å². The highest BCUT2D eigenvalue weighted by Gasteiger charge is 2.46. The number of ether oxygens (including phenoxy) is 7. The van der Waals surface area contributed by atoms with E-state index in [1.54, 1.807) is 30.3 Å². The molecule has 4 atom stereocenters. The lowest BCUT2D eigenvalue weighted by atomic mass is 9.87. The van der Waals surface area contributed by atoms with Gasteiger partial charge in [-0.3, -0.25) is 9.59 Å². The van der Waals surface area contributed by atoms with Crippen molar-refractivity contribution in [1.29, 1.82) is 0 Å². The van der Waals surface area contributed by atoms with Crippen molar-refractivity contribution in [3.05, 3.63) is 52.6 Å². The Hall–Kier alpha value is -4.43. The second kappa shape index (κ2) is 11.3. The second-order valence-corrected chi connectivity index (χ2v) is 10.2. The van der Waals surface area contributed by atoms with Crippen molar-refractivity contribution in [2.75, 3.05) is 13.4 Å². The molecule has 6 rings (SSSR count). The molecule has 3 aromatic carbocycles. The number of hydrogen-bond donors (Lipinski definition) is 3. The van der Waals surface area contributed by atoms with Crippen LogP contribution in [0.2, 0.25) is 0 Å². The number of rotatable bonds is 7. The Bertz CT molecular complexity index is 1630. The van der Waals surface area contributed by atoms with Gasteiger partial charge in [-0.1, -0.05) is 6.07 Å². The summed E-state index contributed by atoms with van der Waals surface area (Å²) in [6, 6.07) is 8.48. The summed E-state index contributed by atoms with van der Waals surface area (Å²) in [5.74, 6) is -0.879. The fraction of sp³-hybridized carbons (Fsp3) is 0.367. The molecule has 0 radical (unpaired) electrons. The Morgan fingerprint density at radius 1 is 0.907 bits per heavy atom. The third-order valence-corrected chi connectivity index (χ3v) is 7.50. The maximum atomic E-state index is 13.3. The van der Waals surface area contributed by atoms with Crippen molar-refractivity contribution in [2.24, 2.45) is 0 Å². The van der Waals surface area contributed by atoms with E-state index in [0.717, 1.165) is 6.92 Å². The van der Waals surface area contributed by atoms with Crippen LogP contribution in [0.1, 0.15) is 40.9 Å². The second-order valence-electron chi connectivity index (χ2n) is 10.2. The molecule has 226 valence electrons. The van der Waals surface area contributed by atoms with Gasteiger partial charge in [0.1, 0.15) is 18.5 Å². The SMILES string of the molecule is CC(=O)O[C@@H]1COC(Oc2c3c(c(-c4ccc5c(c4)OCO5)c4cc(CO)c(CO)cc24)C(=O)OC3)[C@H](OC(C)=O)[C@H]1O. The third-order valence-electron chi connectivity index (χ3n) is 7.50. The van der Waals surface area contributed by atoms with Gasteiger partial charge in [0.15, 0.2) is 23.7 Å². The fourth-order valence-corrected chi connectivity index (χ4v) is 5.61. The van der Waals surface area contributed by atoms with E-state index >= 15 is 0 Å². The molecule has 0 amide bonds. The topological polar surface area (TPSA) is 177 Å². The molecule has 0 aliphatic carbocycles. The summed E-state index contributed by atoms with van der Waals surface area (Å²) in [6.45, 7) is 1.12. The molecule has 0 spiro atoms. The lowest BCUT2D eigenvalue weighted by molar-refractivity contribution is -0.254. The summed E-state index contributed by atoms with van der Waals surface area (Å²) >= 11 is 0. The Labute approximate surface area is 244 Å². The highest BCUT2D eigenvalue weighted by Crippen LogP contribution is 2.48. The van der Waals surface area contributed by atoms with Crippen LogP contribution in [0.5, 0.6) is 17.2 Å². The molecule has 0 bridgehead atoms. The van der Waals surface area contributed by atoms with E-state index in [1.165, 1.54) is 6.92 Å². The van der Waals surface area contributed by atoms with Gasteiger partial charge in [-0.2, -0.15) is 0 Å². The maximum absolute atomic E-state index is 13.3. The van der Waals surface area contributed by atoms with E-state index in [0.29, 0.717) is 50.1 Å². The highest BCUT2D eigenvalue weighted by molar-refractivity contribution is 6.13. The van der Waals surface area contributed by atoms with Crippen LogP contribution in [0.3, 0.4) is 0 Å². The summed E-state index contributed by atoms with van der Waals surface area (Å²) in [4.78, 5) is 36.8. The first-order valence-electron chi connectivity index (χ1n) is 13.4. The van der Waals surface area contributed by atoms with Gasteiger partial charge in [-0.25, -0.2) is 4.79 Å². The van der Waals surface area contributed by atoms with Crippen molar-refractivity contribution in [3.8, 4) is 28.4 Å². The fourth-order valence-electron chi connectivity index (χ4n) is 5.61. The zero-order chi connectivity index (χ0) is 30.4. The molecule has 3 aromatic rings. The summed E-state index contributed by atoms with van der Waals surface area (Å²) in [5.41, 5.74) is 2.45. The van der Waals surface area contributed by atoms with Gasteiger partial charge in [0.25, 0.3) is 0 Å². The first kappa shape index (κ1) is 28.7. The number of benzene rings is 3. The molecule has 3 heterocycles. The number of carbonyl (C=O) groups excluding carboxylic acids is 3. The van der Waals surface area contributed by atoms with Crippen LogP contribution in [0.25, 0.3) is 21.9 Å². The lowest BCUT2D eigenvalue weighted by Gasteiger charge is -2.38. The minimum atomic E-state index is -1.49. The van der Waals surface area contributed by atoms with Crippen molar-refractivity contribution >= 4 is 28.7 Å². The summed E-state index contributed by atoms with van der Waals surface area (Å²) in [5, 5.41) is 32.1.